The highest BCUT2D eigenvalue weighted by molar-refractivity contribution is 8.27. The number of rotatable bonds is 8. The summed E-state index contributed by atoms with van der Waals surface area (Å²) >= 11 is 1.33. The van der Waals surface area contributed by atoms with Crippen LogP contribution < -0.4 is 14.2 Å². The molecule has 0 atom stereocenters. The molecule has 0 saturated heterocycles. The molecule has 0 aromatic heterocycles. The Morgan fingerprint density at radius 2 is 1.73 bits per heavy atom. The third kappa shape index (κ3) is 5.25. The van der Waals surface area contributed by atoms with Crippen molar-refractivity contribution in [3.8, 4) is 17.2 Å². The van der Waals surface area contributed by atoms with Crippen LogP contribution in [0.3, 0.4) is 0 Å². The Morgan fingerprint density at radius 3 is 2.42 bits per heavy atom. The average Bonchev–Trinajstić information content (AvgIpc) is 3.24. The Kier molecular flexibility index (Phi) is 6.79. The second-order valence-electron chi connectivity index (χ2n) is 7.56. The van der Waals surface area contributed by atoms with Crippen molar-refractivity contribution in [3.63, 3.8) is 0 Å². The number of hydrazone groups is 1. The molecular formula is C24H24N4O4S. The first-order valence-electron chi connectivity index (χ1n) is 10.4. The van der Waals surface area contributed by atoms with Crippen molar-refractivity contribution >= 4 is 39.8 Å². The minimum atomic E-state index is -0.447. The van der Waals surface area contributed by atoms with Crippen molar-refractivity contribution in [1.29, 1.82) is 5.41 Å². The van der Waals surface area contributed by atoms with E-state index in [9.17, 15) is 4.79 Å². The number of hydrogen-bond donors (Lipinski definition) is 1. The van der Waals surface area contributed by atoms with Crippen molar-refractivity contribution in [3.05, 3.63) is 59.7 Å². The predicted octanol–water partition coefficient (Wildman–Crippen LogP) is 4.43. The lowest BCUT2D eigenvalue weighted by molar-refractivity contribution is -0.114. The van der Waals surface area contributed by atoms with E-state index in [0.29, 0.717) is 29.9 Å². The van der Waals surface area contributed by atoms with Crippen LogP contribution in [0.2, 0.25) is 0 Å². The van der Waals surface area contributed by atoms with Gasteiger partial charge in [-0.05, 0) is 47.7 Å². The number of methoxy groups -OCH3 is 1. The van der Waals surface area contributed by atoms with Crippen LogP contribution in [0.25, 0.3) is 6.08 Å². The maximum absolute atomic E-state index is 12.6. The first-order chi connectivity index (χ1) is 15.9. The van der Waals surface area contributed by atoms with Gasteiger partial charge in [-0.1, -0.05) is 32.0 Å². The van der Waals surface area contributed by atoms with E-state index in [1.165, 1.54) is 16.8 Å². The third-order valence-corrected chi connectivity index (χ3v) is 6.00. The van der Waals surface area contributed by atoms with E-state index in [4.69, 9.17) is 19.6 Å². The zero-order valence-corrected chi connectivity index (χ0v) is 19.4. The molecule has 1 amide bonds. The summed E-state index contributed by atoms with van der Waals surface area (Å²) in [6.07, 6.45) is 1.64. The largest absolute Gasteiger partial charge is 0.497 e. The molecule has 170 valence electrons. The number of benzene rings is 2. The molecule has 0 fully saturated rings. The van der Waals surface area contributed by atoms with Crippen LogP contribution in [0.15, 0.2) is 64.2 Å². The summed E-state index contributed by atoms with van der Waals surface area (Å²) in [5, 5.41) is 15.6. The maximum Gasteiger partial charge on any atom is 0.283 e. The third-order valence-electron chi connectivity index (χ3n) is 4.80. The minimum absolute atomic E-state index is 0.0196. The molecule has 2 aromatic carbocycles. The van der Waals surface area contributed by atoms with Crippen LogP contribution >= 0.6 is 11.8 Å². The van der Waals surface area contributed by atoms with Gasteiger partial charge in [0.1, 0.15) is 35.5 Å². The SMILES string of the molecule is COc1cccc(OCCOc2cccc(/C=C3/C(=N)N4N=C(C(C)C)SC4=NC3=O)c2)c1. The molecule has 0 radical (unpaired) electrons. The van der Waals surface area contributed by atoms with Crippen LogP contribution in [0.1, 0.15) is 19.4 Å². The molecule has 2 aromatic rings. The fourth-order valence-corrected chi connectivity index (χ4v) is 4.00. The van der Waals surface area contributed by atoms with E-state index in [1.807, 2.05) is 56.3 Å². The lowest BCUT2D eigenvalue weighted by atomic mass is 10.1. The molecule has 2 heterocycles. The van der Waals surface area contributed by atoms with Gasteiger partial charge in [-0.15, -0.1) is 0 Å². The van der Waals surface area contributed by atoms with Crippen LogP contribution in [0, 0.1) is 11.3 Å². The first kappa shape index (κ1) is 22.6. The van der Waals surface area contributed by atoms with Crippen molar-refractivity contribution in [1.82, 2.24) is 5.01 Å². The number of ether oxygens (including phenoxy) is 3. The van der Waals surface area contributed by atoms with Gasteiger partial charge in [0.05, 0.1) is 12.7 Å². The lowest BCUT2D eigenvalue weighted by Gasteiger charge is -2.20. The molecule has 8 nitrogen and oxygen atoms in total. The lowest BCUT2D eigenvalue weighted by Crippen LogP contribution is -2.35. The van der Waals surface area contributed by atoms with Crippen molar-refractivity contribution < 1.29 is 19.0 Å². The quantitative estimate of drug-likeness (QED) is 0.459. The number of nitrogens with one attached hydrogen (secondary N) is 1. The minimum Gasteiger partial charge on any atom is -0.497 e. The molecule has 0 spiro atoms. The number of thioether (sulfide) groups is 1. The highest BCUT2D eigenvalue weighted by Crippen LogP contribution is 2.31. The Hall–Kier alpha value is -3.59. The molecule has 33 heavy (non-hydrogen) atoms. The monoisotopic (exact) mass is 464 g/mol. The summed E-state index contributed by atoms with van der Waals surface area (Å²) in [6, 6.07) is 14.7. The molecule has 2 aliphatic heterocycles. The number of nitrogens with zero attached hydrogens (tertiary/aromatic N) is 3. The summed E-state index contributed by atoms with van der Waals surface area (Å²) < 4.78 is 16.7. The summed E-state index contributed by atoms with van der Waals surface area (Å²) in [7, 11) is 1.61. The van der Waals surface area contributed by atoms with Gasteiger partial charge in [-0.25, -0.2) is 0 Å². The fraction of sp³-hybridized carbons (Fsp3) is 0.250. The number of fused-ring (bicyclic) bond motifs is 1. The van der Waals surface area contributed by atoms with Gasteiger partial charge < -0.3 is 14.2 Å². The predicted molar refractivity (Wildman–Crippen MR) is 130 cm³/mol. The van der Waals surface area contributed by atoms with E-state index in [2.05, 4.69) is 10.1 Å². The Balaban J connectivity index is 1.40. The van der Waals surface area contributed by atoms with Gasteiger partial charge in [-0.2, -0.15) is 15.1 Å². The summed E-state index contributed by atoms with van der Waals surface area (Å²) in [5.41, 5.74) is 0.916. The molecule has 0 bridgehead atoms. The van der Waals surface area contributed by atoms with Gasteiger partial charge in [0, 0.05) is 12.0 Å². The van der Waals surface area contributed by atoms with E-state index >= 15 is 0 Å². The standard InChI is InChI=1S/C24H24N4O4S/c1-15(2)23-27-28-21(25)20(22(29)26-24(28)33-23)13-16-6-4-8-18(12-16)31-10-11-32-19-9-5-7-17(14-19)30-3/h4-9,12-15,25H,10-11H2,1-3H3/b20-13-,25-21?. The Morgan fingerprint density at radius 1 is 1.06 bits per heavy atom. The normalized spacial score (nSPS) is 16.6. The zero-order valence-electron chi connectivity index (χ0n) is 18.6. The van der Waals surface area contributed by atoms with E-state index < -0.39 is 5.91 Å². The Labute approximate surface area is 196 Å². The Bertz CT molecular complexity index is 1170. The van der Waals surface area contributed by atoms with Gasteiger partial charge in [0.2, 0.25) is 5.17 Å². The summed E-state index contributed by atoms with van der Waals surface area (Å²) in [5.74, 6) is 1.83. The van der Waals surface area contributed by atoms with E-state index in [1.54, 1.807) is 19.3 Å². The van der Waals surface area contributed by atoms with E-state index in [0.717, 1.165) is 16.4 Å². The molecule has 0 aliphatic carbocycles. The number of carbonyl (C=O) groups is 1. The van der Waals surface area contributed by atoms with Gasteiger partial charge in [-0.3, -0.25) is 10.2 Å². The number of amidine groups is 2. The van der Waals surface area contributed by atoms with Crippen molar-refractivity contribution in [2.45, 2.75) is 13.8 Å². The van der Waals surface area contributed by atoms with Crippen LogP contribution in [0.4, 0.5) is 0 Å². The first-order valence-corrected chi connectivity index (χ1v) is 11.3. The zero-order chi connectivity index (χ0) is 23.4. The van der Waals surface area contributed by atoms with E-state index in [-0.39, 0.29) is 17.3 Å². The van der Waals surface area contributed by atoms with Crippen LogP contribution in [-0.4, -0.2) is 47.3 Å². The average molecular weight is 465 g/mol. The van der Waals surface area contributed by atoms with Gasteiger partial charge in [0.25, 0.3) is 5.91 Å². The van der Waals surface area contributed by atoms with Gasteiger partial charge >= 0.3 is 0 Å². The summed E-state index contributed by atoms with van der Waals surface area (Å²) in [4.78, 5) is 16.7. The maximum atomic E-state index is 12.6. The number of hydrogen-bond acceptors (Lipinski definition) is 7. The second kappa shape index (κ2) is 9.91. The molecule has 0 unspecified atom stereocenters. The topological polar surface area (TPSA) is 96.6 Å². The summed E-state index contributed by atoms with van der Waals surface area (Å²) in [6.45, 7) is 4.74. The number of amides is 1. The highest BCUT2D eigenvalue weighted by Gasteiger charge is 2.36. The fourth-order valence-electron chi connectivity index (χ4n) is 3.11. The van der Waals surface area contributed by atoms with Gasteiger partial charge in [0.15, 0.2) is 5.84 Å². The van der Waals surface area contributed by atoms with Crippen LogP contribution in [-0.2, 0) is 4.79 Å². The molecule has 2 aliphatic rings. The van der Waals surface area contributed by atoms with Crippen LogP contribution in [0.5, 0.6) is 17.2 Å². The molecule has 1 N–H and O–H groups in total. The number of aliphatic imine (C=N–C) groups is 1. The second-order valence-corrected chi connectivity index (χ2v) is 8.55. The molecule has 4 rings (SSSR count). The number of carbonyl (C=O) groups excluding carboxylic acids is 1. The molecular weight excluding hydrogens is 440 g/mol. The highest BCUT2D eigenvalue weighted by atomic mass is 32.2. The smallest absolute Gasteiger partial charge is 0.283 e. The van der Waals surface area contributed by atoms with Crippen molar-refractivity contribution in [2.75, 3.05) is 20.3 Å². The van der Waals surface area contributed by atoms with Crippen molar-refractivity contribution in [2.24, 2.45) is 16.0 Å². The molecule has 0 saturated carbocycles. The molecule has 9 heteroatoms.